The van der Waals surface area contributed by atoms with E-state index in [-0.39, 0.29) is 10.6 Å². The largest absolute Gasteiger partial charge is 0.504 e. The van der Waals surface area contributed by atoms with E-state index < -0.39 is 17.9 Å². The van der Waals surface area contributed by atoms with Crippen LogP contribution in [0.2, 0.25) is 5.02 Å². The highest BCUT2D eigenvalue weighted by molar-refractivity contribution is 6.31. The second-order valence-electron chi connectivity index (χ2n) is 2.13. The summed E-state index contributed by atoms with van der Waals surface area (Å²) in [4.78, 5) is 3.20. The monoisotopic (exact) mass is 204 g/mol. The summed E-state index contributed by atoms with van der Waals surface area (Å²) in [7, 11) is 0. The molecule has 1 aromatic heterocycles. The number of pyridine rings is 1. The molecule has 1 rings (SSSR count). The number of nitrogens with zero attached hydrogens (tertiary/aromatic N) is 2. The zero-order valence-corrected chi connectivity index (χ0v) is 6.89. The summed E-state index contributed by atoms with van der Waals surface area (Å²) in [6, 6.07) is 1.50. The number of nitriles is 1. The van der Waals surface area contributed by atoms with E-state index in [0.29, 0.717) is 0 Å². The van der Waals surface area contributed by atoms with Gasteiger partial charge in [0.05, 0.1) is 5.02 Å². The van der Waals surface area contributed by atoms with Crippen LogP contribution in [0.4, 0.5) is 8.78 Å². The van der Waals surface area contributed by atoms with Gasteiger partial charge in [0.25, 0.3) is 6.43 Å². The number of halogens is 3. The van der Waals surface area contributed by atoms with Gasteiger partial charge in [-0.05, 0) is 0 Å². The maximum atomic E-state index is 12.1. The summed E-state index contributed by atoms with van der Waals surface area (Å²) >= 11 is 5.42. The number of aromatic nitrogens is 1. The van der Waals surface area contributed by atoms with Crippen molar-refractivity contribution in [1.29, 1.82) is 5.26 Å². The molecule has 0 saturated heterocycles. The van der Waals surface area contributed by atoms with E-state index in [9.17, 15) is 8.78 Å². The maximum Gasteiger partial charge on any atom is 0.284 e. The average molecular weight is 205 g/mol. The van der Waals surface area contributed by atoms with E-state index >= 15 is 0 Å². The maximum absolute atomic E-state index is 12.1. The Morgan fingerprint density at radius 3 is 2.69 bits per heavy atom. The molecule has 6 heteroatoms. The van der Waals surface area contributed by atoms with Crippen LogP contribution in [0.5, 0.6) is 5.75 Å². The van der Waals surface area contributed by atoms with Crippen molar-refractivity contribution in [1.82, 2.24) is 4.98 Å². The van der Waals surface area contributed by atoms with Crippen LogP contribution in [0.3, 0.4) is 0 Å². The molecule has 68 valence electrons. The van der Waals surface area contributed by atoms with Crippen molar-refractivity contribution in [3.63, 3.8) is 0 Å². The molecule has 0 aliphatic rings. The number of rotatable bonds is 1. The van der Waals surface area contributed by atoms with Crippen LogP contribution in [0.15, 0.2) is 6.20 Å². The van der Waals surface area contributed by atoms with Gasteiger partial charge in [0, 0.05) is 6.20 Å². The van der Waals surface area contributed by atoms with Crippen molar-refractivity contribution < 1.29 is 13.9 Å². The van der Waals surface area contributed by atoms with Crippen LogP contribution in [-0.4, -0.2) is 10.1 Å². The van der Waals surface area contributed by atoms with E-state index in [2.05, 4.69) is 4.98 Å². The minimum Gasteiger partial charge on any atom is -0.504 e. The average Bonchev–Trinajstić information content (AvgIpc) is 2.04. The van der Waals surface area contributed by atoms with Crippen molar-refractivity contribution in [2.24, 2.45) is 0 Å². The molecule has 0 fully saturated rings. The van der Waals surface area contributed by atoms with E-state index in [4.69, 9.17) is 22.0 Å². The molecule has 0 saturated carbocycles. The normalized spacial score (nSPS) is 10.1. The molecular formula is C7H3ClF2N2O. The zero-order valence-electron chi connectivity index (χ0n) is 6.13. The van der Waals surface area contributed by atoms with Gasteiger partial charge in [-0.15, -0.1) is 0 Å². The Morgan fingerprint density at radius 1 is 1.62 bits per heavy atom. The minimum atomic E-state index is -2.93. The van der Waals surface area contributed by atoms with Crippen LogP contribution in [-0.2, 0) is 0 Å². The van der Waals surface area contributed by atoms with Gasteiger partial charge in [-0.25, -0.2) is 13.8 Å². The molecule has 0 radical (unpaired) electrons. The van der Waals surface area contributed by atoms with Crippen molar-refractivity contribution in [2.45, 2.75) is 6.43 Å². The molecule has 1 aromatic rings. The van der Waals surface area contributed by atoms with Gasteiger partial charge in [0.15, 0.2) is 5.75 Å². The standard InChI is InChI=1S/C7H3ClF2N2O/c8-4-2-12-5(7(9)10)6(13)3(4)1-11/h2,7,13H. The van der Waals surface area contributed by atoms with Crippen LogP contribution in [0.25, 0.3) is 0 Å². The Labute approximate surface area is 77.2 Å². The Bertz CT molecular complexity index is 375. The fraction of sp³-hybridized carbons (Fsp3) is 0.143. The molecule has 0 aromatic carbocycles. The van der Waals surface area contributed by atoms with Crippen molar-refractivity contribution in [2.75, 3.05) is 0 Å². The minimum absolute atomic E-state index is 0.149. The van der Waals surface area contributed by atoms with Crippen LogP contribution in [0.1, 0.15) is 17.7 Å². The van der Waals surface area contributed by atoms with E-state index in [1.165, 1.54) is 6.07 Å². The summed E-state index contributed by atoms with van der Waals surface area (Å²) in [6.45, 7) is 0. The summed E-state index contributed by atoms with van der Waals surface area (Å²) < 4.78 is 24.2. The molecule has 3 nitrogen and oxygen atoms in total. The Balaban J connectivity index is 3.38. The molecule has 0 amide bonds. The Kier molecular flexibility index (Phi) is 2.63. The predicted octanol–water partition coefficient (Wildman–Crippen LogP) is 2.25. The highest BCUT2D eigenvalue weighted by atomic mass is 35.5. The van der Waals surface area contributed by atoms with E-state index in [1.807, 2.05) is 0 Å². The second kappa shape index (κ2) is 3.54. The van der Waals surface area contributed by atoms with Crippen molar-refractivity contribution in [3.8, 4) is 11.8 Å². The molecular weight excluding hydrogens is 202 g/mol. The predicted molar refractivity (Wildman–Crippen MR) is 40.6 cm³/mol. The van der Waals surface area contributed by atoms with Crippen molar-refractivity contribution >= 4 is 11.6 Å². The summed E-state index contributed by atoms with van der Waals surface area (Å²) in [5, 5.41) is 17.4. The fourth-order valence-electron chi connectivity index (χ4n) is 0.759. The quantitative estimate of drug-likeness (QED) is 0.763. The first-order valence-electron chi connectivity index (χ1n) is 3.13. The van der Waals surface area contributed by atoms with Crippen LogP contribution >= 0.6 is 11.6 Å². The molecule has 1 N–H and O–H groups in total. The second-order valence-corrected chi connectivity index (χ2v) is 2.53. The topological polar surface area (TPSA) is 56.9 Å². The van der Waals surface area contributed by atoms with Gasteiger partial charge < -0.3 is 5.11 Å². The van der Waals surface area contributed by atoms with Crippen LogP contribution < -0.4 is 0 Å². The van der Waals surface area contributed by atoms with Gasteiger partial charge in [-0.2, -0.15) is 5.26 Å². The summed E-state index contributed by atoms with van der Waals surface area (Å²) in [6.07, 6.45) is -2.02. The lowest BCUT2D eigenvalue weighted by Gasteiger charge is -2.03. The fourth-order valence-corrected chi connectivity index (χ4v) is 0.940. The Hall–Kier alpha value is -1.41. The smallest absolute Gasteiger partial charge is 0.284 e. The van der Waals surface area contributed by atoms with Gasteiger partial charge in [0.1, 0.15) is 17.3 Å². The lowest BCUT2D eigenvalue weighted by atomic mass is 10.2. The third-order valence-corrected chi connectivity index (χ3v) is 1.64. The van der Waals surface area contributed by atoms with E-state index in [0.717, 1.165) is 6.20 Å². The van der Waals surface area contributed by atoms with Gasteiger partial charge >= 0.3 is 0 Å². The highest BCUT2D eigenvalue weighted by Crippen LogP contribution is 2.32. The number of hydrogen-bond donors (Lipinski definition) is 1. The SMILES string of the molecule is N#Cc1c(Cl)cnc(C(F)F)c1O. The zero-order chi connectivity index (χ0) is 10.0. The molecule has 0 spiro atoms. The molecule has 0 aliphatic carbocycles. The summed E-state index contributed by atoms with van der Waals surface area (Å²) in [5.41, 5.74) is -1.21. The third-order valence-electron chi connectivity index (χ3n) is 1.35. The first-order valence-corrected chi connectivity index (χ1v) is 3.51. The number of hydrogen-bond acceptors (Lipinski definition) is 3. The first kappa shape index (κ1) is 9.68. The molecule has 0 bridgehead atoms. The van der Waals surface area contributed by atoms with Crippen molar-refractivity contribution in [3.05, 3.63) is 22.5 Å². The summed E-state index contributed by atoms with van der Waals surface area (Å²) in [5.74, 6) is -0.856. The molecule has 1 heterocycles. The number of aromatic hydroxyl groups is 1. The Morgan fingerprint density at radius 2 is 2.23 bits per heavy atom. The van der Waals surface area contributed by atoms with Gasteiger partial charge in [-0.1, -0.05) is 11.6 Å². The van der Waals surface area contributed by atoms with E-state index in [1.54, 1.807) is 0 Å². The van der Waals surface area contributed by atoms with Crippen LogP contribution in [0, 0.1) is 11.3 Å². The van der Waals surface area contributed by atoms with Gasteiger partial charge in [0.2, 0.25) is 0 Å². The molecule has 13 heavy (non-hydrogen) atoms. The highest BCUT2D eigenvalue weighted by Gasteiger charge is 2.19. The van der Waals surface area contributed by atoms with Gasteiger partial charge in [-0.3, -0.25) is 0 Å². The molecule has 0 atom stereocenters. The lowest BCUT2D eigenvalue weighted by molar-refractivity contribution is 0.142. The lowest BCUT2D eigenvalue weighted by Crippen LogP contribution is -1.93. The number of alkyl halides is 2. The third kappa shape index (κ3) is 1.68. The molecule has 0 unspecified atom stereocenters. The first-order chi connectivity index (χ1) is 6.07. The molecule has 0 aliphatic heterocycles.